The molecule has 1 N–H and O–H groups in total. The highest BCUT2D eigenvalue weighted by molar-refractivity contribution is 7.92. The summed E-state index contributed by atoms with van der Waals surface area (Å²) >= 11 is 0. The summed E-state index contributed by atoms with van der Waals surface area (Å²) in [5, 5.41) is 11.5. The fraction of sp³-hybridized carbons (Fsp3) is 0.130. The monoisotopic (exact) mass is 419 g/mol. The largest absolute Gasteiger partial charge is 0.322 e. The van der Waals surface area contributed by atoms with Crippen LogP contribution in [-0.4, -0.2) is 20.6 Å². The summed E-state index contributed by atoms with van der Waals surface area (Å²) in [6.07, 6.45) is 1.47. The Labute approximate surface area is 176 Å². The van der Waals surface area contributed by atoms with Gasteiger partial charge in [0.2, 0.25) is 10.0 Å². The van der Waals surface area contributed by atoms with Crippen molar-refractivity contribution in [1.29, 1.82) is 5.26 Å². The minimum absolute atomic E-state index is 0.209. The van der Waals surface area contributed by atoms with Crippen LogP contribution in [0.15, 0.2) is 78.9 Å². The number of nitrogens with zero attached hydrogens (tertiary/aromatic N) is 2. The molecule has 0 bridgehead atoms. The first kappa shape index (κ1) is 21.1. The van der Waals surface area contributed by atoms with Crippen LogP contribution in [0.4, 0.5) is 11.4 Å². The van der Waals surface area contributed by atoms with Gasteiger partial charge in [-0.05, 0) is 47.5 Å². The van der Waals surface area contributed by atoms with E-state index in [1.807, 2.05) is 30.3 Å². The van der Waals surface area contributed by atoms with Crippen molar-refractivity contribution in [3.8, 4) is 6.07 Å². The number of amides is 1. The van der Waals surface area contributed by atoms with Crippen LogP contribution >= 0.6 is 0 Å². The maximum Gasteiger partial charge on any atom is 0.255 e. The minimum Gasteiger partial charge on any atom is -0.322 e. The van der Waals surface area contributed by atoms with Crippen molar-refractivity contribution < 1.29 is 13.2 Å². The molecule has 30 heavy (non-hydrogen) atoms. The highest BCUT2D eigenvalue weighted by atomic mass is 32.2. The second-order valence-corrected chi connectivity index (χ2v) is 8.69. The predicted octanol–water partition coefficient (Wildman–Crippen LogP) is 3.97. The highest BCUT2D eigenvalue weighted by Gasteiger charge is 2.18. The Morgan fingerprint density at radius 1 is 0.933 bits per heavy atom. The molecule has 152 valence electrons. The third kappa shape index (κ3) is 5.46. The number of carbonyl (C=O) groups excluding carboxylic acids is 1. The lowest BCUT2D eigenvalue weighted by atomic mass is 10.1. The van der Waals surface area contributed by atoms with E-state index in [0.717, 1.165) is 17.4 Å². The standard InChI is InChI=1S/C23H21N3O3S/c1-30(28,29)26(17-19-5-3-2-4-6-19)22-13-9-20(10-14-22)23(27)25-21-11-7-18(8-12-21)15-16-24/h2-14H,15,17H2,1H3,(H,25,27). The molecule has 3 rings (SSSR count). The zero-order valence-electron chi connectivity index (χ0n) is 16.4. The summed E-state index contributed by atoms with van der Waals surface area (Å²) in [5.74, 6) is -0.302. The molecule has 0 aliphatic carbocycles. The molecular formula is C23H21N3O3S. The van der Waals surface area contributed by atoms with Crippen molar-refractivity contribution in [2.75, 3.05) is 15.9 Å². The lowest BCUT2D eigenvalue weighted by molar-refractivity contribution is 0.102. The lowest BCUT2D eigenvalue weighted by Gasteiger charge is -2.22. The lowest BCUT2D eigenvalue weighted by Crippen LogP contribution is -2.29. The average Bonchev–Trinajstić information content (AvgIpc) is 2.74. The molecule has 0 radical (unpaired) electrons. The van der Waals surface area contributed by atoms with E-state index in [1.165, 1.54) is 4.31 Å². The highest BCUT2D eigenvalue weighted by Crippen LogP contribution is 2.22. The summed E-state index contributed by atoms with van der Waals surface area (Å²) in [6, 6.07) is 24.9. The Morgan fingerprint density at radius 3 is 2.13 bits per heavy atom. The van der Waals surface area contributed by atoms with E-state index >= 15 is 0 Å². The van der Waals surface area contributed by atoms with Gasteiger partial charge < -0.3 is 5.32 Å². The van der Waals surface area contributed by atoms with Gasteiger partial charge in [-0.15, -0.1) is 0 Å². The number of hydrogen-bond acceptors (Lipinski definition) is 4. The molecule has 0 fully saturated rings. The molecule has 0 aromatic heterocycles. The van der Waals surface area contributed by atoms with Crippen LogP contribution in [0.5, 0.6) is 0 Å². The van der Waals surface area contributed by atoms with Crippen molar-refractivity contribution in [3.63, 3.8) is 0 Å². The fourth-order valence-electron chi connectivity index (χ4n) is 2.93. The van der Waals surface area contributed by atoms with E-state index in [9.17, 15) is 13.2 Å². The fourth-order valence-corrected chi connectivity index (χ4v) is 3.82. The summed E-state index contributed by atoms with van der Waals surface area (Å²) in [5.41, 5.74) is 3.25. The van der Waals surface area contributed by atoms with Crippen molar-refractivity contribution in [3.05, 3.63) is 95.6 Å². The van der Waals surface area contributed by atoms with Gasteiger partial charge in [0.25, 0.3) is 5.91 Å². The van der Waals surface area contributed by atoms with Crippen LogP contribution in [0.25, 0.3) is 0 Å². The van der Waals surface area contributed by atoms with Gasteiger partial charge in [-0.1, -0.05) is 42.5 Å². The Balaban J connectivity index is 1.75. The van der Waals surface area contributed by atoms with Crippen LogP contribution in [-0.2, 0) is 23.0 Å². The van der Waals surface area contributed by atoms with Crippen molar-refractivity contribution in [2.24, 2.45) is 0 Å². The zero-order valence-corrected chi connectivity index (χ0v) is 17.3. The molecule has 3 aromatic rings. The van der Waals surface area contributed by atoms with Gasteiger partial charge in [0.05, 0.1) is 31.0 Å². The molecule has 0 heterocycles. The molecule has 0 unspecified atom stereocenters. The topological polar surface area (TPSA) is 90.3 Å². The van der Waals surface area contributed by atoms with E-state index < -0.39 is 10.0 Å². The molecule has 0 aliphatic heterocycles. The smallest absolute Gasteiger partial charge is 0.255 e. The molecule has 0 atom stereocenters. The number of hydrogen-bond donors (Lipinski definition) is 1. The molecule has 1 amide bonds. The van der Waals surface area contributed by atoms with Crippen LogP contribution in [0.1, 0.15) is 21.5 Å². The van der Waals surface area contributed by atoms with Crippen LogP contribution in [0, 0.1) is 11.3 Å². The number of nitrogens with one attached hydrogen (secondary N) is 1. The third-order valence-corrected chi connectivity index (χ3v) is 5.62. The molecule has 0 saturated heterocycles. The van der Waals surface area contributed by atoms with Crippen LogP contribution in [0.2, 0.25) is 0 Å². The Hall–Kier alpha value is -3.63. The Kier molecular flexibility index (Phi) is 6.50. The SMILES string of the molecule is CS(=O)(=O)N(Cc1ccccc1)c1ccc(C(=O)Nc2ccc(CC#N)cc2)cc1. The maximum atomic E-state index is 12.5. The Morgan fingerprint density at radius 2 is 1.57 bits per heavy atom. The summed E-state index contributed by atoms with van der Waals surface area (Å²) < 4.78 is 25.9. The van der Waals surface area contributed by atoms with Crippen molar-refractivity contribution in [1.82, 2.24) is 0 Å². The van der Waals surface area contributed by atoms with Crippen molar-refractivity contribution >= 4 is 27.3 Å². The number of sulfonamides is 1. The number of rotatable bonds is 7. The number of carbonyl (C=O) groups is 1. The summed E-state index contributed by atoms with van der Waals surface area (Å²) in [6.45, 7) is 0.209. The van der Waals surface area contributed by atoms with Crippen LogP contribution < -0.4 is 9.62 Å². The van der Waals surface area contributed by atoms with Gasteiger partial charge in [-0.25, -0.2) is 8.42 Å². The Bertz CT molecular complexity index is 1150. The number of benzene rings is 3. The van der Waals surface area contributed by atoms with Crippen LogP contribution in [0.3, 0.4) is 0 Å². The quantitative estimate of drug-likeness (QED) is 0.627. The van der Waals surface area contributed by atoms with Gasteiger partial charge in [0, 0.05) is 11.3 Å². The summed E-state index contributed by atoms with van der Waals surface area (Å²) in [4.78, 5) is 12.5. The van der Waals surface area contributed by atoms with Gasteiger partial charge in [0.15, 0.2) is 0 Å². The van der Waals surface area contributed by atoms with Gasteiger partial charge in [0.1, 0.15) is 0 Å². The first-order chi connectivity index (χ1) is 14.4. The zero-order chi connectivity index (χ0) is 21.6. The van der Waals surface area contributed by atoms with Gasteiger partial charge in [-0.3, -0.25) is 9.10 Å². The van der Waals surface area contributed by atoms with E-state index in [-0.39, 0.29) is 12.5 Å². The molecule has 0 aliphatic rings. The average molecular weight is 420 g/mol. The molecule has 3 aromatic carbocycles. The first-order valence-corrected chi connectivity index (χ1v) is 11.1. The molecular weight excluding hydrogens is 398 g/mol. The first-order valence-electron chi connectivity index (χ1n) is 9.26. The molecule has 0 saturated carbocycles. The second kappa shape index (κ2) is 9.25. The third-order valence-electron chi connectivity index (χ3n) is 4.48. The second-order valence-electron chi connectivity index (χ2n) is 6.79. The maximum absolute atomic E-state index is 12.5. The molecule has 6 nitrogen and oxygen atoms in total. The normalized spacial score (nSPS) is 10.8. The van der Waals surface area contributed by atoms with E-state index in [2.05, 4.69) is 11.4 Å². The van der Waals surface area contributed by atoms with Gasteiger partial charge in [-0.2, -0.15) is 5.26 Å². The summed E-state index contributed by atoms with van der Waals surface area (Å²) in [7, 11) is -3.50. The minimum atomic E-state index is -3.50. The molecule has 0 spiro atoms. The van der Waals surface area contributed by atoms with E-state index in [4.69, 9.17) is 5.26 Å². The predicted molar refractivity (Wildman–Crippen MR) is 118 cm³/mol. The van der Waals surface area contributed by atoms with Crippen molar-refractivity contribution in [2.45, 2.75) is 13.0 Å². The van der Waals surface area contributed by atoms with E-state index in [1.54, 1.807) is 48.5 Å². The number of nitriles is 1. The molecule has 7 heteroatoms. The van der Waals surface area contributed by atoms with Gasteiger partial charge >= 0.3 is 0 Å². The number of anilines is 2. The van der Waals surface area contributed by atoms with E-state index in [0.29, 0.717) is 23.4 Å².